The first-order valence-corrected chi connectivity index (χ1v) is 7.60. The number of hydrogen-bond acceptors (Lipinski definition) is 3. The normalized spacial score (nSPS) is 24.8. The zero-order chi connectivity index (χ0) is 9.52. The average molecular weight is 221 g/mol. The SMILES string of the molecule is CCS(=O)CCNCC1CCSC1. The fraction of sp³-hybridized carbons (Fsp3) is 1.00. The van der Waals surface area contributed by atoms with Gasteiger partial charge in [0.25, 0.3) is 0 Å². The third kappa shape index (κ3) is 5.03. The highest BCUT2D eigenvalue weighted by atomic mass is 32.2. The molecule has 2 nitrogen and oxygen atoms in total. The average Bonchev–Trinajstić information content (AvgIpc) is 2.64. The van der Waals surface area contributed by atoms with Crippen molar-refractivity contribution < 1.29 is 4.21 Å². The molecule has 0 aromatic heterocycles. The molecule has 0 saturated carbocycles. The van der Waals surface area contributed by atoms with E-state index in [1.54, 1.807) is 0 Å². The molecule has 1 fully saturated rings. The van der Waals surface area contributed by atoms with Crippen molar-refractivity contribution in [2.24, 2.45) is 5.92 Å². The van der Waals surface area contributed by atoms with E-state index in [1.807, 2.05) is 6.92 Å². The molecule has 0 spiro atoms. The third-order valence-electron chi connectivity index (χ3n) is 2.29. The maximum atomic E-state index is 11.1. The van der Waals surface area contributed by atoms with E-state index < -0.39 is 10.8 Å². The Morgan fingerprint density at radius 3 is 3.08 bits per heavy atom. The van der Waals surface area contributed by atoms with Gasteiger partial charge in [0, 0.05) is 28.9 Å². The van der Waals surface area contributed by atoms with Gasteiger partial charge in [-0.25, -0.2) is 0 Å². The van der Waals surface area contributed by atoms with Crippen molar-refractivity contribution in [3.63, 3.8) is 0 Å². The van der Waals surface area contributed by atoms with E-state index in [-0.39, 0.29) is 0 Å². The van der Waals surface area contributed by atoms with Crippen LogP contribution in [0, 0.1) is 5.92 Å². The molecule has 0 aromatic carbocycles. The highest BCUT2D eigenvalue weighted by Crippen LogP contribution is 2.22. The zero-order valence-corrected chi connectivity index (χ0v) is 9.88. The molecule has 4 heteroatoms. The van der Waals surface area contributed by atoms with Crippen LogP contribution in [0.5, 0.6) is 0 Å². The molecule has 2 atom stereocenters. The minimum atomic E-state index is -0.598. The van der Waals surface area contributed by atoms with Gasteiger partial charge in [-0.15, -0.1) is 0 Å². The molecule has 1 heterocycles. The van der Waals surface area contributed by atoms with Crippen molar-refractivity contribution in [2.75, 3.05) is 36.1 Å². The molecule has 0 aliphatic carbocycles. The van der Waals surface area contributed by atoms with Crippen LogP contribution in [0.2, 0.25) is 0 Å². The van der Waals surface area contributed by atoms with E-state index in [1.165, 1.54) is 17.9 Å². The van der Waals surface area contributed by atoms with Crippen LogP contribution < -0.4 is 5.32 Å². The van der Waals surface area contributed by atoms with Crippen LogP contribution in [0.1, 0.15) is 13.3 Å². The minimum absolute atomic E-state index is 0.598. The van der Waals surface area contributed by atoms with E-state index >= 15 is 0 Å². The second-order valence-corrected chi connectivity index (χ2v) is 6.38. The van der Waals surface area contributed by atoms with Crippen LogP contribution in [-0.2, 0) is 10.8 Å². The lowest BCUT2D eigenvalue weighted by molar-refractivity contribution is 0.535. The van der Waals surface area contributed by atoms with E-state index in [2.05, 4.69) is 17.1 Å². The van der Waals surface area contributed by atoms with Crippen LogP contribution in [0.4, 0.5) is 0 Å². The summed E-state index contributed by atoms with van der Waals surface area (Å²) in [6.07, 6.45) is 1.36. The van der Waals surface area contributed by atoms with E-state index in [0.717, 1.165) is 30.5 Å². The van der Waals surface area contributed by atoms with E-state index in [4.69, 9.17) is 0 Å². The molecular weight excluding hydrogens is 202 g/mol. The lowest BCUT2D eigenvalue weighted by atomic mass is 10.1. The van der Waals surface area contributed by atoms with Crippen molar-refractivity contribution in [1.29, 1.82) is 0 Å². The third-order valence-corrected chi connectivity index (χ3v) is 4.82. The summed E-state index contributed by atoms with van der Waals surface area (Å²) in [5.74, 6) is 5.11. The molecule has 0 aromatic rings. The van der Waals surface area contributed by atoms with Gasteiger partial charge >= 0.3 is 0 Å². The highest BCUT2D eigenvalue weighted by Gasteiger charge is 2.14. The molecule has 0 bridgehead atoms. The topological polar surface area (TPSA) is 29.1 Å². The summed E-state index contributed by atoms with van der Waals surface area (Å²) in [4.78, 5) is 0. The quantitative estimate of drug-likeness (QED) is 0.681. The molecule has 0 radical (unpaired) electrons. The maximum absolute atomic E-state index is 11.1. The first kappa shape index (κ1) is 11.5. The summed E-state index contributed by atoms with van der Waals surface area (Å²) in [6, 6.07) is 0. The molecule has 1 rings (SSSR count). The monoisotopic (exact) mass is 221 g/mol. The standard InChI is InChI=1S/C9H19NOS2/c1-2-13(11)6-4-10-7-9-3-5-12-8-9/h9-10H,2-8H2,1H3. The summed E-state index contributed by atoms with van der Waals surface area (Å²) >= 11 is 2.05. The summed E-state index contributed by atoms with van der Waals surface area (Å²) in [6.45, 7) is 4.01. The summed E-state index contributed by atoms with van der Waals surface area (Å²) in [5.41, 5.74) is 0. The summed E-state index contributed by atoms with van der Waals surface area (Å²) in [7, 11) is -0.598. The largest absolute Gasteiger partial charge is 0.316 e. The Bertz CT molecular complexity index is 158. The van der Waals surface area contributed by atoms with Crippen LogP contribution in [0.3, 0.4) is 0 Å². The molecule has 1 aliphatic heterocycles. The Balaban J connectivity index is 1.91. The predicted molar refractivity (Wildman–Crippen MR) is 61.9 cm³/mol. The molecular formula is C9H19NOS2. The number of hydrogen-bond donors (Lipinski definition) is 1. The van der Waals surface area contributed by atoms with Crippen molar-refractivity contribution in [3.8, 4) is 0 Å². The van der Waals surface area contributed by atoms with Crippen molar-refractivity contribution in [1.82, 2.24) is 5.32 Å². The Labute approximate surface area is 87.7 Å². The molecule has 1 saturated heterocycles. The van der Waals surface area contributed by atoms with E-state index in [0.29, 0.717) is 0 Å². The van der Waals surface area contributed by atoms with Crippen molar-refractivity contribution in [2.45, 2.75) is 13.3 Å². The second kappa shape index (κ2) is 6.85. The van der Waals surface area contributed by atoms with Gasteiger partial charge in [0.05, 0.1) is 0 Å². The van der Waals surface area contributed by atoms with Gasteiger partial charge in [-0.3, -0.25) is 4.21 Å². The number of thioether (sulfide) groups is 1. The number of rotatable bonds is 6. The van der Waals surface area contributed by atoms with Crippen molar-refractivity contribution in [3.05, 3.63) is 0 Å². The van der Waals surface area contributed by atoms with E-state index in [9.17, 15) is 4.21 Å². The van der Waals surface area contributed by atoms with Crippen LogP contribution in [0.25, 0.3) is 0 Å². The van der Waals surface area contributed by atoms with Gasteiger partial charge in [-0.1, -0.05) is 6.92 Å². The fourth-order valence-electron chi connectivity index (χ4n) is 1.38. The zero-order valence-electron chi connectivity index (χ0n) is 8.25. The number of nitrogens with one attached hydrogen (secondary N) is 1. The predicted octanol–water partition coefficient (Wildman–Crippen LogP) is 1.10. The van der Waals surface area contributed by atoms with Gasteiger partial charge in [-0.2, -0.15) is 11.8 Å². The van der Waals surface area contributed by atoms with Gasteiger partial charge in [0.1, 0.15) is 0 Å². The Morgan fingerprint density at radius 1 is 1.62 bits per heavy atom. The molecule has 78 valence electrons. The van der Waals surface area contributed by atoms with Crippen LogP contribution >= 0.6 is 11.8 Å². The van der Waals surface area contributed by atoms with Crippen LogP contribution in [-0.4, -0.2) is 40.3 Å². The van der Waals surface area contributed by atoms with Gasteiger partial charge < -0.3 is 5.32 Å². The van der Waals surface area contributed by atoms with Crippen molar-refractivity contribution >= 4 is 22.6 Å². The Morgan fingerprint density at radius 2 is 2.46 bits per heavy atom. The Hall–Kier alpha value is 0.460. The first-order chi connectivity index (χ1) is 6.33. The molecule has 0 amide bonds. The lowest BCUT2D eigenvalue weighted by Gasteiger charge is -2.08. The lowest BCUT2D eigenvalue weighted by Crippen LogP contribution is -2.27. The molecule has 13 heavy (non-hydrogen) atoms. The highest BCUT2D eigenvalue weighted by molar-refractivity contribution is 7.99. The van der Waals surface area contributed by atoms with Gasteiger partial charge in [0.15, 0.2) is 0 Å². The molecule has 1 N–H and O–H groups in total. The molecule has 1 aliphatic rings. The fourth-order valence-corrected chi connectivity index (χ4v) is 3.33. The van der Waals surface area contributed by atoms with Crippen LogP contribution in [0.15, 0.2) is 0 Å². The second-order valence-electron chi connectivity index (χ2n) is 3.37. The maximum Gasteiger partial charge on any atom is 0.0359 e. The van der Waals surface area contributed by atoms with Gasteiger partial charge in [0.2, 0.25) is 0 Å². The molecule has 2 unspecified atom stereocenters. The first-order valence-electron chi connectivity index (χ1n) is 4.96. The Kier molecular flexibility index (Phi) is 6.07. The summed E-state index contributed by atoms with van der Waals surface area (Å²) < 4.78 is 11.1. The summed E-state index contributed by atoms with van der Waals surface area (Å²) in [5, 5.41) is 3.39. The smallest absolute Gasteiger partial charge is 0.0359 e. The van der Waals surface area contributed by atoms with Gasteiger partial charge in [-0.05, 0) is 30.4 Å². The minimum Gasteiger partial charge on any atom is -0.316 e.